The fourth-order valence-corrected chi connectivity index (χ4v) is 4.68. The second-order valence-electron chi connectivity index (χ2n) is 7.46. The first kappa shape index (κ1) is 18.0. The molecule has 0 saturated heterocycles. The van der Waals surface area contributed by atoms with Crippen molar-refractivity contribution in [2.75, 3.05) is 11.1 Å². The number of nitrogens with two attached hydrogens (primary N) is 1. The summed E-state index contributed by atoms with van der Waals surface area (Å²) in [5.41, 5.74) is 12.5. The van der Waals surface area contributed by atoms with Crippen LogP contribution in [-0.4, -0.2) is 10.9 Å². The van der Waals surface area contributed by atoms with Crippen LogP contribution in [0.2, 0.25) is 0 Å². The Hall–Kier alpha value is -2.40. The van der Waals surface area contributed by atoms with Gasteiger partial charge in [-0.2, -0.15) is 0 Å². The molecule has 140 valence electrons. The third-order valence-electron chi connectivity index (χ3n) is 5.47. The number of thiophene rings is 1. The van der Waals surface area contributed by atoms with E-state index in [1.807, 2.05) is 25.1 Å². The Labute approximate surface area is 163 Å². The summed E-state index contributed by atoms with van der Waals surface area (Å²) in [6.07, 6.45) is 7.01. The minimum Gasteiger partial charge on any atom is -0.397 e. The van der Waals surface area contributed by atoms with E-state index in [9.17, 15) is 4.79 Å². The predicted octanol–water partition coefficient (Wildman–Crippen LogP) is 5.41. The number of amides is 1. The molecule has 0 unspecified atom stereocenters. The van der Waals surface area contributed by atoms with E-state index in [1.54, 1.807) is 0 Å². The summed E-state index contributed by atoms with van der Waals surface area (Å²) < 4.78 is 0. The molecule has 1 aliphatic rings. The molecule has 1 aliphatic carbocycles. The number of hydrogen-bond acceptors (Lipinski definition) is 4. The lowest BCUT2D eigenvalue weighted by molar-refractivity contribution is 0.103. The van der Waals surface area contributed by atoms with Crippen LogP contribution in [0.5, 0.6) is 0 Å². The first-order valence-corrected chi connectivity index (χ1v) is 10.4. The van der Waals surface area contributed by atoms with E-state index in [2.05, 4.69) is 18.3 Å². The van der Waals surface area contributed by atoms with Gasteiger partial charge in [-0.15, -0.1) is 11.3 Å². The van der Waals surface area contributed by atoms with Crippen LogP contribution in [-0.2, 0) is 12.8 Å². The summed E-state index contributed by atoms with van der Waals surface area (Å²) in [5.74, 6) is -0.161. The summed E-state index contributed by atoms with van der Waals surface area (Å²) in [6.45, 7) is 4.10. The second kappa shape index (κ2) is 7.31. The third kappa shape index (κ3) is 3.56. The lowest BCUT2D eigenvalue weighted by Crippen LogP contribution is -2.12. The van der Waals surface area contributed by atoms with E-state index in [0.717, 1.165) is 34.3 Å². The van der Waals surface area contributed by atoms with Crippen molar-refractivity contribution in [1.82, 2.24) is 4.98 Å². The van der Waals surface area contributed by atoms with E-state index in [0.29, 0.717) is 10.6 Å². The Morgan fingerprint density at radius 3 is 2.63 bits per heavy atom. The molecule has 1 aromatic carbocycles. The van der Waals surface area contributed by atoms with E-state index in [-0.39, 0.29) is 5.91 Å². The van der Waals surface area contributed by atoms with Gasteiger partial charge in [0.05, 0.1) is 5.69 Å². The van der Waals surface area contributed by atoms with E-state index < -0.39 is 0 Å². The average Bonchev–Trinajstić information content (AvgIpc) is 2.94. The van der Waals surface area contributed by atoms with Gasteiger partial charge in [-0.25, -0.2) is 4.98 Å². The minimum absolute atomic E-state index is 0.161. The molecule has 5 heteroatoms. The number of nitrogens with one attached hydrogen (secondary N) is 1. The smallest absolute Gasteiger partial charge is 0.267 e. The van der Waals surface area contributed by atoms with E-state index >= 15 is 0 Å². The molecule has 4 rings (SSSR count). The number of fused-ring (bicyclic) bond motifs is 2. The van der Waals surface area contributed by atoms with Crippen molar-refractivity contribution in [3.63, 3.8) is 0 Å². The number of aromatic nitrogens is 1. The van der Waals surface area contributed by atoms with Crippen molar-refractivity contribution in [1.29, 1.82) is 0 Å². The topological polar surface area (TPSA) is 68.0 Å². The lowest BCUT2D eigenvalue weighted by Gasteiger charge is -2.12. The molecule has 2 aromatic heterocycles. The highest BCUT2D eigenvalue weighted by atomic mass is 32.1. The van der Waals surface area contributed by atoms with Gasteiger partial charge in [-0.05, 0) is 74.4 Å². The number of carbonyl (C=O) groups is 1. The van der Waals surface area contributed by atoms with Crippen molar-refractivity contribution >= 4 is 38.8 Å². The molecule has 0 aliphatic heterocycles. The molecular weight excluding hydrogens is 354 g/mol. The second-order valence-corrected chi connectivity index (χ2v) is 8.46. The Morgan fingerprint density at radius 1 is 1.07 bits per heavy atom. The molecule has 4 nitrogen and oxygen atoms in total. The van der Waals surface area contributed by atoms with Crippen molar-refractivity contribution < 1.29 is 4.79 Å². The number of anilines is 2. The monoisotopic (exact) mass is 379 g/mol. The summed E-state index contributed by atoms with van der Waals surface area (Å²) in [6, 6.07) is 8.09. The molecule has 0 radical (unpaired) electrons. The quantitative estimate of drug-likeness (QED) is 0.626. The van der Waals surface area contributed by atoms with Crippen molar-refractivity contribution in [3.05, 3.63) is 51.5 Å². The Kier molecular flexibility index (Phi) is 4.87. The highest BCUT2D eigenvalue weighted by molar-refractivity contribution is 7.21. The molecule has 3 aromatic rings. The van der Waals surface area contributed by atoms with Crippen LogP contribution < -0.4 is 11.1 Å². The molecule has 27 heavy (non-hydrogen) atoms. The number of hydrogen-bond donors (Lipinski definition) is 2. The van der Waals surface area contributed by atoms with E-state index in [4.69, 9.17) is 10.7 Å². The van der Waals surface area contributed by atoms with E-state index in [1.165, 1.54) is 53.8 Å². The first-order valence-electron chi connectivity index (χ1n) is 9.62. The zero-order valence-corrected chi connectivity index (χ0v) is 16.7. The van der Waals surface area contributed by atoms with Gasteiger partial charge in [0.1, 0.15) is 9.71 Å². The largest absolute Gasteiger partial charge is 0.397 e. The van der Waals surface area contributed by atoms with Crippen LogP contribution in [0.4, 0.5) is 11.4 Å². The Balaban J connectivity index is 1.68. The standard InChI is InChI=1S/C22H25N3OS/c1-13-9-10-16(11-14(13)2)24-21(26)20-19(23)17-12-15-7-5-3-4-6-8-18(15)25-22(17)27-20/h9-12H,3-8,23H2,1-2H3,(H,24,26). The Bertz CT molecular complexity index is 1020. The first-order chi connectivity index (χ1) is 13.0. The number of benzene rings is 1. The summed E-state index contributed by atoms with van der Waals surface area (Å²) >= 11 is 1.40. The number of aryl methyl sites for hydroxylation is 4. The van der Waals surface area contributed by atoms with Crippen LogP contribution in [0.1, 0.15) is 57.7 Å². The molecule has 0 bridgehead atoms. The van der Waals surface area contributed by atoms with Gasteiger partial charge in [0.2, 0.25) is 0 Å². The fourth-order valence-electron chi connectivity index (χ4n) is 3.69. The van der Waals surface area contributed by atoms with Crippen LogP contribution in [0.3, 0.4) is 0 Å². The van der Waals surface area contributed by atoms with Gasteiger partial charge in [0.15, 0.2) is 0 Å². The number of carbonyl (C=O) groups excluding carboxylic acids is 1. The van der Waals surface area contributed by atoms with Gasteiger partial charge in [-0.1, -0.05) is 18.9 Å². The number of nitrogens with zero attached hydrogens (tertiary/aromatic N) is 1. The zero-order valence-electron chi connectivity index (χ0n) is 15.9. The van der Waals surface area contributed by atoms with Crippen molar-refractivity contribution in [3.8, 4) is 0 Å². The molecular formula is C22H25N3OS. The normalized spacial score (nSPS) is 14.4. The number of rotatable bonds is 2. The van der Waals surface area contributed by atoms with Crippen LogP contribution >= 0.6 is 11.3 Å². The average molecular weight is 380 g/mol. The van der Waals surface area contributed by atoms with Gasteiger partial charge in [-0.3, -0.25) is 4.79 Å². The SMILES string of the molecule is Cc1ccc(NC(=O)c2sc3nc4c(cc3c2N)CCCCCC4)cc1C. The highest BCUT2D eigenvalue weighted by Crippen LogP contribution is 2.35. The maximum absolute atomic E-state index is 12.8. The van der Waals surface area contributed by atoms with Crippen LogP contribution in [0, 0.1) is 13.8 Å². The lowest BCUT2D eigenvalue weighted by atomic mass is 9.96. The summed E-state index contributed by atoms with van der Waals surface area (Å²) in [7, 11) is 0. The maximum Gasteiger partial charge on any atom is 0.267 e. The van der Waals surface area contributed by atoms with Crippen molar-refractivity contribution in [2.45, 2.75) is 52.4 Å². The molecule has 3 N–H and O–H groups in total. The summed E-state index contributed by atoms with van der Waals surface area (Å²) in [4.78, 5) is 19.1. The molecule has 1 amide bonds. The molecule has 0 fully saturated rings. The minimum atomic E-state index is -0.161. The fraction of sp³-hybridized carbons (Fsp3) is 0.364. The predicted molar refractivity (Wildman–Crippen MR) is 114 cm³/mol. The zero-order chi connectivity index (χ0) is 19.0. The van der Waals surface area contributed by atoms with Gasteiger partial charge < -0.3 is 11.1 Å². The summed E-state index contributed by atoms with van der Waals surface area (Å²) in [5, 5.41) is 3.90. The maximum atomic E-state index is 12.8. The number of pyridine rings is 1. The van der Waals surface area contributed by atoms with Crippen LogP contribution in [0.15, 0.2) is 24.3 Å². The van der Waals surface area contributed by atoms with Crippen LogP contribution in [0.25, 0.3) is 10.2 Å². The molecule has 2 heterocycles. The number of nitrogen functional groups attached to an aromatic ring is 1. The van der Waals surface area contributed by atoms with Gasteiger partial charge in [0.25, 0.3) is 5.91 Å². The van der Waals surface area contributed by atoms with Gasteiger partial charge >= 0.3 is 0 Å². The third-order valence-corrected chi connectivity index (χ3v) is 6.58. The molecule has 0 spiro atoms. The van der Waals surface area contributed by atoms with Crippen molar-refractivity contribution in [2.24, 2.45) is 0 Å². The van der Waals surface area contributed by atoms with Gasteiger partial charge in [0, 0.05) is 16.8 Å². The molecule has 0 atom stereocenters. The molecule has 0 saturated carbocycles. The Morgan fingerprint density at radius 2 is 1.85 bits per heavy atom. The highest BCUT2D eigenvalue weighted by Gasteiger charge is 2.20.